The summed E-state index contributed by atoms with van der Waals surface area (Å²) in [6.07, 6.45) is -0.686. The predicted octanol–water partition coefficient (Wildman–Crippen LogP) is 2.72. The molecule has 0 aliphatic rings. The summed E-state index contributed by atoms with van der Waals surface area (Å²) in [7, 11) is 0. The number of nitrogens with one attached hydrogen (secondary N) is 4. The van der Waals surface area contributed by atoms with Gasteiger partial charge in [0, 0.05) is 17.8 Å². The Morgan fingerprint density at radius 2 is 1.68 bits per heavy atom. The van der Waals surface area contributed by atoms with Crippen LogP contribution in [0.25, 0.3) is 0 Å². The molecule has 0 radical (unpaired) electrons. The highest BCUT2D eigenvalue weighted by atomic mass is 35.5. The van der Waals surface area contributed by atoms with Gasteiger partial charge in [-0.2, -0.15) is 0 Å². The highest BCUT2D eigenvalue weighted by Gasteiger charge is 2.23. The van der Waals surface area contributed by atoms with E-state index in [1.165, 1.54) is 18.2 Å². The summed E-state index contributed by atoms with van der Waals surface area (Å²) in [6, 6.07) is 9.39. The first kappa shape index (κ1) is 29.1. The van der Waals surface area contributed by atoms with E-state index in [1.54, 1.807) is 52.0 Å². The van der Waals surface area contributed by atoms with Crippen molar-refractivity contribution in [3.8, 4) is 0 Å². The lowest BCUT2D eigenvalue weighted by Gasteiger charge is -2.19. The van der Waals surface area contributed by atoms with Crippen molar-refractivity contribution in [2.45, 2.75) is 39.3 Å². The summed E-state index contributed by atoms with van der Waals surface area (Å²) in [4.78, 5) is 60.6. The zero-order valence-corrected chi connectivity index (χ0v) is 21.6. The molecule has 2 aromatic rings. The number of benzene rings is 2. The molecule has 2 aromatic carbocycles. The topological polar surface area (TPSA) is 163 Å². The van der Waals surface area contributed by atoms with E-state index >= 15 is 0 Å². The number of amides is 4. The first-order valence-electron chi connectivity index (χ1n) is 11.2. The Hall–Kier alpha value is -4.12. The maximum Gasteiger partial charge on any atom is 0.412 e. The summed E-state index contributed by atoms with van der Waals surface area (Å²) in [6.45, 7) is 5.93. The van der Waals surface area contributed by atoms with Crippen LogP contribution in [0.15, 0.2) is 42.5 Å². The van der Waals surface area contributed by atoms with Gasteiger partial charge in [0.05, 0.1) is 17.1 Å². The Bertz CT molecular complexity index is 1170. The molecule has 198 valence electrons. The van der Waals surface area contributed by atoms with Crippen molar-refractivity contribution in [3.05, 3.63) is 64.2 Å². The van der Waals surface area contributed by atoms with E-state index in [-0.39, 0.29) is 16.1 Å². The van der Waals surface area contributed by atoms with Crippen molar-refractivity contribution in [2.75, 3.05) is 18.4 Å². The molecular formula is C25H29ClN4O7. The van der Waals surface area contributed by atoms with E-state index in [2.05, 4.69) is 21.3 Å². The number of aryl methyl sites for hydroxylation is 1. The van der Waals surface area contributed by atoms with Crippen molar-refractivity contribution < 1.29 is 33.8 Å². The van der Waals surface area contributed by atoms with E-state index in [0.717, 1.165) is 0 Å². The second-order valence-corrected chi connectivity index (χ2v) is 9.40. The van der Waals surface area contributed by atoms with Gasteiger partial charge in [-0.05, 0) is 57.5 Å². The van der Waals surface area contributed by atoms with Crippen molar-refractivity contribution in [2.24, 2.45) is 0 Å². The SMILES string of the molecule is Cc1cccc(Cl)c1C(=O)NC(CNC(=O)CNC(=O)c1cccc(NC(=O)OC(C)(C)C)c1)C(=O)O. The average Bonchev–Trinajstić information content (AvgIpc) is 2.78. The molecule has 5 N–H and O–H groups in total. The maximum atomic E-state index is 12.5. The van der Waals surface area contributed by atoms with Gasteiger partial charge in [0.1, 0.15) is 11.6 Å². The molecule has 0 bridgehead atoms. The average molecular weight is 533 g/mol. The van der Waals surface area contributed by atoms with E-state index in [4.69, 9.17) is 16.3 Å². The zero-order valence-electron chi connectivity index (χ0n) is 20.8. The standard InChI is InChI=1S/C25H29ClN4O7/c1-14-7-5-10-17(26)20(14)22(33)30-18(23(34)35)12-27-19(31)13-28-21(32)15-8-6-9-16(11-15)29-24(36)37-25(2,3)4/h5-11,18H,12-13H2,1-4H3,(H,27,31)(H,28,32)(H,29,36)(H,30,33)(H,34,35). The monoisotopic (exact) mass is 532 g/mol. The van der Waals surface area contributed by atoms with Crippen LogP contribution in [-0.4, -0.2) is 59.6 Å². The van der Waals surface area contributed by atoms with Gasteiger partial charge in [-0.15, -0.1) is 0 Å². The van der Waals surface area contributed by atoms with Gasteiger partial charge < -0.3 is 25.8 Å². The molecule has 0 saturated heterocycles. The number of halogens is 1. The van der Waals surface area contributed by atoms with Crippen LogP contribution < -0.4 is 21.3 Å². The molecule has 0 saturated carbocycles. The molecule has 11 nitrogen and oxygen atoms in total. The number of ether oxygens (including phenoxy) is 1. The smallest absolute Gasteiger partial charge is 0.412 e. The lowest BCUT2D eigenvalue weighted by Crippen LogP contribution is -2.50. The number of anilines is 1. The Balaban J connectivity index is 1.89. The molecule has 2 rings (SSSR count). The molecule has 37 heavy (non-hydrogen) atoms. The fourth-order valence-electron chi connectivity index (χ4n) is 3.05. The number of hydrogen-bond donors (Lipinski definition) is 5. The number of carboxylic acid groups (broad SMARTS) is 1. The van der Waals surface area contributed by atoms with Crippen LogP contribution in [0.1, 0.15) is 47.1 Å². The fraction of sp³-hybridized carbons (Fsp3) is 0.320. The third kappa shape index (κ3) is 9.45. The molecule has 4 amide bonds. The molecule has 0 spiro atoms. The van der Waals surface area contributed by atoms with E-state index in [9.17, 15) is 29.1 Å². The molecule has 1 atom stereocenters. The summed E-state index contributed by atoms with van der Waals surface area (Å²) in [5.41, 5.74) is 0.499. The van der Waals surface area contributed by atoms with Crippen LogP contribution in [0.2, 0.25) is 5.02 Å². The minimum atomic E-state index is -1.43. The van der Waals surface area contributed by atoms with Crippen LogP contribution in [0.4, 0.5) is 10.5 Å². The fourth-order valence-corrected chi connectivity index (χ4v) is 3.36. The Labute approximate surface area is 218 Å². The van der Waals surface area contributed by atoms with Crippen LogP contribution in [-0.2, 0) is 14.3 Å². The number of carbonyl (C=O) groups is 5. The second-order valence-electron chi connectivity index (χ2n) is 8.99. The lowest BCUT2D eigenvalue weighted by atomic mass is 10.1. The number of rotatable bonds is 9. The maximum absolute atomic E-state index is 12.5. The predicted molar refractivity (Wildman–Crippen MR) is 137 cm³/mol. The zero-order chi connectivity index (χ0) is 27.8. The third-order valence-corrected chi connectivity index (χ3v) is 5.05. The molecule has 0 heterocycles. The summed E-state index contributed by atoms with van der Waals surface area (Å²) >= 11 is 6.05. The second kappa shape index (κ2) is 12.7. The normalized spacial score (nSPS) is 11.6. The largest absolute Gasteiger partial charge is 0.480 e. The van der Waals surface area contributed by atoms with E-state index in [1.807, 2.05) is 0 Å². The van der Waals surface area contributed by atoms with Gasteiger partial charge in [-0.25, -0.2) is 9.59 Å². The number of hydrogen-bond acceptors (Lipinski definition) is 6. The molecule has 12 heteroatoms. The molecule has 1 unspecified atom stereocenters. The molecule has 0 aliphatic carbocycles. The van der Waals surface area contributed by atoms with E-state index in [0.29, 0.717) is 11.3 Å². The number of aliphatic carboxylic acids is 1. The summed E-state index contributed by atoms with van der Waals surface area (Å²) < 4.78 is 5.17. The minimum Gasteiger partial charge on any atom is -0.480 e. The first-order chi connectivity index (χ1) is 17.3. The van der Waals surface area contributed by atoms with Crippen LogP contribution in [0.3, 0.4) is 0 Å². The third-order valence-electron chi connectivity index (χ3n) is 4.74. The van der Waals surface area contributed by atoms with Gasteiger partial charge in [0.15, 0.2) is 0 Å². The van der Waals surface area contributed by atoms with Crippen LogP contribution in [0.5, 0.6) is 0 Å². The van der Waals surface area contributed by atoms with Gasteiger partial charge in [-0.3, -0.25) is 19.7 Å². The Morgan fingerprint density at radius 3 is 2.30 bits per heavy atom. The van der Waals surface area contributed by atoms with Crippen molar-refractivity contribution in [1.82, 2.24) is 16.0 Å². The van der Waals surface area contributed by atoms with Crippen molar-refractivity contribution in [3.63, 3.8) is 0 Å². The Morgan fingerprint density at radius 1 is 1.00 bits per heavy atom. The highest BCUT2D eigenvalue weighted by molar-refractivity contribution is 6.34. The first-order valence-corrected chi connectivity index (χ1v) is 11.6. The Kier molecular flexibility index (Phi) is 10.0. The van der Waals surface area contributed by atoms with E-state index < -0.39 is 54.5 Å². The quantitative estimate of drug-likeness (QED) is 0.331. The molecule has 0 aromatic heterocycles. The van der Waals surface area contributed by atoms with Gasteiger partial charge in [0.25, 0.3) is 11.8 Å². The lowest BCUT2D eigenvalue weighted by molar-refractivity contribution is -0.139. The van der Waals surface area contributed by atoms with Gasteiger partial charge in [-0.1, -0.05) is 29.8 Å². The summed E-state index contributed by atoms with van der Waals surface area (Å²) in [5, 5.41) is 19.2. The van der Waals surface area contributed by atoms with Gasteiger partial charge in [0.2, 0.25) is 5.91 Å². The molecule has 0 aliphatic heterocycles. The highest BCUT2D eigenvalue weighted by Crippen LogP contribution is 2.19. The van der Waals surface area contributed by atoms with Crippen molar-refractivity contribution >= 4 is 47.1 Å². The van der Waals surface area contributed by atoms with Crippen LogP contribution in [0, 0.1) is 6.92 Å². The molecule has 0 fully saturated rings. The van der Waals surface area contributed by atoms with Crippen molar-refractivity contribution in [1.29, 1.82) is 0 Å². The summed E-state index contributed by atoms with van der Waals surface area (Å²) in [5.74, 6) is -3.33. The minimum absolute atomic E-state index is 0.136. The number of carboxylic acids is 1. The number of carbonyl (C=O) groups excluding carboxylic acids is 4. The molecular weight excluding hydrogens is 504 g/mol. The van der Waals surface area contributed by atoms with Crippen LogP contribution >= 0.6 is 11.6 Å². The van der Waals surface area contributed by atoms with Gasteiger partial charge >= 0.3 is 12.1 Å².